The maximum Gasteiger partial charge on any atom is 0.410 e. The van der Waals surface area contributed by atoms with Gasteiger partial charge in [-0.05, 0) is 5.56 Å². The second-order valence-corrected chi connectivity index (χ2v) is 5.13. The molecular formula is C16H18N4O2. The first kappa shape index (κ1) is 14.5. The summed E-state index contributed by atoms with van der Waals surface area (Å²) in [4.78, 5) is 22.2. The van der Waals surface area contributed by atoms with E-state index in [0.717, 1.165) is 17.7 Å². The molecule has 6 nitrogen and oxygen atoms in total. The molecule has 1 unspecified atom stereocenters. The quantitative estimate of drug-likeness (QED) is 0.935. The van der Waals surface area contributed by atoms with E-state index in [4.69, 9.17) is 4.74 Å². The summed E-state index contributed by atoms with van der Waals surface area (Å²) in [7, 11) is 0. The molecule has 3 rings (SSSR count). The topological polar surface area (TPSA) is 67.3 Å². The summed E-state index contributed by atoms with van der Waals surface area (Å²) in [6.07, 6.45) is 4.65. The van der Waals surface area contributed by atoms with Gasteiger partial charge >= 0.3 is 6.09 Å². The maximum atomic E-state index is 12.4. The summed E-state index contributed by atoms with van der Waals surface area (Å²) in [5.74, 6) is 0. The first-order valence-corrected chi connectivity index (χ1v) is 7.27. The molecule has 1 amide bonds. The van der Waals surface area contributed by atoms with Gasteiger partial charge in [-0.25, -0.2) is 14.8 Å². The van der Waals surface area contributed by atoms with Crippen LogP contribution < -0.4 is 5.32 Å². The lowest BCUT2D eigenvalue weighted by Gasteiger charge is -2.35. The predicted octanol–water partition coefficient (Wildman–Crippen LogP) is 1.76. The van der Waals surface area contributed by atoms with Gasteiger partial charge in [0.05, 0.1) is 6.04 Å². The summed E-state index contributed by atoms with van der Waals surface area (Å²) >= 11 is 0. The third-order valence-electron chi connectivity index (χ3n) is 3.65. The Morgan fingerprint density at radius 3 is 2.82 bits per heavy atom. The lowest BCUT2D eigenvalue weighted by Crippen LogP contribution is -2.48. The Hall–Kier alpha value is -2.47. The van der Waals surface area contributed by atoms with Crippen molar-refractivity contribution >= 4 is 6.09 Å². The van der Waals surface area contributed by atoms with Gasteiger partial charge in [-0.2, -0.15) is 0 Å². The number of hydrogen-bond acceptors (Lipinski definition) is 5. The van der Waals surface area contributed by atoms with Crippen LogP contribution in [-0.4, -0.2) is 40.6 Å². The van der Waals surface area contributed by atoms with Gasteiger partial charge < -0.3 is 10.1 Å². The number of aromatic nitrogens is 2. The lowest BCUT2D eigenvalue weighted by atomic mass is 10.1. The van der Waals surface area contributed by atoms with Crippen LogP contribution in [0.2, 0.25) is 0 Å². The molecule has 6 heteroatoms. The normalized spacial score (nSPS) is 18.0. The van der Waals surface area contributed by atoms with Crippen LogP contribution in [0, 0.1) is 0 Å². The highest BCUT2D eigenvalue weighted by atomic mass is 16.6. The Bertz CT molecular complexity index is 606. The molecule has 0 aliphatic carbocycles. The summed E-state index contributed by atoms with van der Waals surface area (Å²) in [5.41, 5.74) is 1.89. The standard InChI is InChI=1S/C16H18N4O2/c21-16(22-11-13-4-2-1-3-5-13)20-7-6-17-10-15(20)14-8-18-12-19-9-14/h1-5,8-9,12,15,17H,6-7,10-11H2. The highest BCUT2D eigenvalue weighted by Gasteiger charge is 2.29. The van der Waals surface area contributed by atoms with E-state index in [1.807, 2.05) is 30.3 Å². The third kappa shape index (κ3) is 3.40. The highest BCUT2D eigenvalue weighted by Crippen LogP contribution is 2.21. The smallest absolute Gasteiger partial charge is 0.410 e. The predicted molar refractivity (Wildman–Crippen MR) is 81.0 cm³/mol. The fourth-order valence-electron chi connectivity index (χ4n) is 2.51. The van der Waals surface area contributed by atoms with Gasteiger partial charge in [0.25, 0.3) is 0 Å². The Labute approximate surface area is 129 Å². The van der Waals surface area contributed by atoms with Crippen LogP contribution in [0.5, 0.6) is 0 Å². The summed E-state index contributed by atoms with van der Waals surface area (Å²) < 4.78 is 5.44. The molecule has 1 atom stereocenters. The van der Waals surface area contributed by atoms with Gasteiger partial charge in [-0.3, -0.25) is 4.90 Å². The molecule has 1 N–H and O–H groups in total. The molecular weight excluding hydrogens is 280 g/mol. The van der Waals surface area contributed by atoms with Crippen molar-refractivity contribution in [3.05, 3.63) is 60.2 Å². The van der Waals surface area contributed by atoms with E-state index in [2.05, 4.69) is 15.3 Å². The van der Waals surface area contributed by atoms with Gasteiger partial charge in [0, 0.05) is 37.6 Å². The van der Waals surface area contributed by atoms with Crippen molar-refractivity contribution in [2.45, 2.75) is 12.6 Å². The third-order valence-corrected chi connectivity index (χ3v) is 3.65. The van der Waals surface area contributed by atoms with Gasteiger partial charge in [-0.1, -0.05) is 30.3 Å². The van der Waals surface area contributed by atoms with E-state index in [9.17, 15) is 4.79 Å². The number of nitrogens with zero attached hydrogens (tertiary/aromatic N) is 3. The van der Waals surface area contributed by atoms with Crippen molar-refractivity contribution in [2.75, 3.05) is 19.6 Å². The van der Waals surface area contributed by atoms with E-state index in [-0.39, 0.29) is 18.7 Å². The fourth-order valence-corrected chi connectivity index (χ4v) is 2.51. The zero-order valence-corrected chi connectivity index (χ0v) is 12.2. The SMILES string of the molecule is O=C(OCc1ccccc1)N1CCNCC1c1cncnc1. The van der Waals surface area contributed by atoms with Crippen LogP contribution in [0.15, 0.2) is 49.1 Å². The summed E-state index contributed by atoms with van der Waals surface area (Å²) in [6, 6.07) is 9.57. The largest absolute Gasteiger partial charge is 0.445 e. The Balaban J connectivity index is 1.66. The Morgan fingerprint density at radius 1 is 1.27 bits per heavy atom. The van der Waals surface area contributed by atoms with Gasteiger partial charge in [-0.15, -0.1) is 0 Å². The number of piperazine rings is 1. The minimum Gasteiger partial charge on any atom is -0.445 e. The minimum absolute atomic E-state index is 0.0989. The molecule has 0 bridgehead atoms. The van der Waals surface area contributed by atoms with Crippen molar-refractivity contribution < 1.29 is 9.53 Å². The molecule has 114 valence electrons. The van der Waals surface area contributed by atoms with E-state index < -0.39 is 0 Å². The zero-order valence-electron chi connectivity index (χ0n) is 12.2. The molecule has 0 saturated carbocycles. The van der Waals surface area contributed by atoms with Crippen molar-refractivity contribution in [3.8, 4) is 0 Å². The van der Waals surface area contributed by atoms with Gasteiger partial charge in [0.15, 0.2) is 0 Å². The monoisotopic (exact) mass is 298 g/mol. The average molecular weight is 298 g/mol. The van der Waals surface area contributed by atoms with Crippen molar-refractivity contribution in [3.63, 3.8) is 0 Å². The number of benzene rings is 1. The van der Waals surface area contributed by atoms with Crippen LogP contribution in [0.1, 0.15) is 17.2 Å². The molecule has 1 aliphatic rings. The van der Waals surface area contributed by atoms with Crippen LogP contribution in [-0.2, 0) is 11.3 Å². The molecule has 1 aromatic heterocycles. The number of hydrogen-bond donors (Lipinski definition) is 1. The van der Waals surface area contributed by atoms with E-state index in [1.54, 1.807) is 17.3 Å². The van der Waals surface area contributed by atoms with Gasteiger partial charge in [0.1, 0.15) is 12.9 Å². The number of nitrogens with one attached hydrogen (secondary N) is 1. The van der Waals surface area contributed by atoms with Crippen molar-refractivity contribution in [2.24, 2.45) is 0 Å². The molecule has 22 heavy (non-hydrogen) atoms. The molecule has 0 spiro atoms. The molecule has 2 aromatic rings. The average Bonchev–Trinajstić information content (AvgIpc) is 2.61. The fraction of sp³-hybridized carbons (Fsp3) is 0.312. The highest BCUT2D eigenvalue weighted by molar-refractivity contribution is 5.68. The molecule has 1 saturated heterocycles. The van der Waals surface area contributed by atoms with E-state index >= 15 is 0 Å². The van der Waals surface area contributed by atoms with Crippen molar-refractivity contribution in [1.82, 2.24) is 20.2 Å². The first-order valence-electron chi connectivity index (χ1n) is 7.27. The molecule has 1 aromatic carbocycles. The lowest BCUT2D eigenvalue weighted by molar-refractivity contribution is 0.0719. The summed E-state index contributed by atoms with van der Waals surface area (Å²) in [6.45, 7) is 2.31. The van der Waals surface area contributed by atoms with Crippen LogP contribution in [0.25, 0.3) is 0 Å². The molecule has 2 heterocycles. The number of rotatable bonds is 3. The maximum absolute atomic E-state index is 12.4. The number of carbonyl (C=O) groups excluding carboxylic acids is 1. The molecule has 0 radical (unpaired) electrons. The minimum atomic E-state index is -0.306. The zero-order chi connectivity index (χ0) is 15.2. The second kappa shape index (κ2) is 7.00. The number of amides is 1. The first-order chi connectivity index (χ1) is 10.8. The molecule has 1 aliphatic heterocycles. The van der Waals surface area contributed by atoms with Crippen molar-refractivity contribution in [1.29, 1.82) is 0 Å². The second-order valence-electron chi connectivity index (χ2n) is 5.13. The van der Waals surface area contributed by atoms with Gasteiger partial charge in [0.2, 0.25) is 0 Å². The summed E-state index contributed by atoms with van der Waals surface area (Å²) in [5, 5.41) is 3.29. The van der Waals surface area contributed by atoms with Crippen LogP contribution >= 0.6 is 0 Å². The Kier molecular flexibility index (Phi) is 4.60. The number of carbonyl (C=O) groups is 1. The van der Waals surface area contributed by atoms with Crippen LogP contribution in [0.4, 0.5) is 4.79 Å². The Morgan fingerprint density at radius 2 is 2.05 bits per heavy atom. The van der Waals surface area contributed by atoms with E-state index in [1.165, 1.54) is 6.33 Å². The van der Waals surface area contributed by atoms with Crippen LogP contribution in [0.3, 0.4) is 0 Å². The van der Waals surface area contributed by atoms with E-state index in [0.29, 0.717) is 13.1 Å². The number of ether oxygens (including phenoxy) is 1. The molecule has 1 fully saturated rings.